The first-order valence-electron chi connectivity index (χ1n) is 7.64. The van der Waals surface area contributed by atoms with Crippen LogP contribution in [0.3, 0.4) is 0 Å². The summed E-state index contributed by atoms with van der Waals surface area (Å²) in [7, 11) is 1.78. The van der Waals surface area contributed by atoms with E-state index in [1.54, 1.807) is 7.11 Å². The molecule has 1 N–H and O–H groups in total. The lowest BCUT2D eigenvalue weighted by molar-refractivity contribution is 0.146. The van der Waals surface area contributed by atoms with Crippen LogP contribution in [0.25, 0.3) is 0 Å². The third-order valence-electron chi connectivity index (χ3n) is 5.21. The smallest absolute Gasteiger partial charge is 0.0587 e. The van der Waals surface area contributed by atoms with Crippen LogP contribution >= 0.6 is 27.3 Å². The second-order valence-corrected chi connectivity index (χ2v) is 8.43. The van der Waals surface area contributed by atoms with E-state index in [0.29, 0.717) is 5.41 Å². The molecule has 4 heteroatoms. The van der Waals surface area contributed by atoms with Gasteiger partial charge in [-0.1, -0.05) is 6.42 Å². The quantitative estimate of drug-likeness (QED) is 0.741. The molecule has 0 saturated heterocycles. The Morgan fingerprint density at radius 2 is 2.40 bits per heavy atom. The lowest BCUT2D eigenvalue weighted by Gasteiger charge is -2.38. The Morgan fingerprint density at radius 1 is 1.50 bits per heavy atom. The van der Waals surface area contributed by atoms with Crippen LogP contribution in [0.2, 0.25) is 0 Å². The second-order valence-electron chi connectivity index (χ2n) is 6.52. The van der Waals surface area contributed by atoms with Gasteiger partial charge < -0.3 is 10.1 Å². The van der Waals surface area contributed by atoms with E-state index < -0.39 is 0 Å². The zero-order valence-electron chi connectivity index (χ0n) is 12.2. The number of ether oxygens (including phenoxy) is 1. The summed E-state index contributed by atoms with van der Waals surface area (Å²) in [5.41, 5.74) is 0.501. The topological polar surface area (TPSA) is 21.3 Å². The number of methoxy groups -OCH3 is 1. The van der Waals surface area contributed by atoms with Crippen molar-refractivity contribution in [3.05, 3.63) is 20.8 Å². The number of nitrogens with one attached hydrogen (secondary N) is 1. The molecule has 2 aliphatic carbocycles. The summed E-state index contributed by atoms with van der Waals surface area (Å²) >= 11 is 5.50. The Kier molecular flexibility index (Phi) is 4.86. The van der Waals surface area contributed by atoms with Crippen molar-refractivity contribution in [2.75, 3.05) is 26.8 Å². The largest absolute Gasteiger partial charge is 0.383 e. The van der Waals surface area contributed by atoms with E-state index in [0.717, 1.165) is 31.5 Å². The molecule has 20 heavy (non-hydrogen) atoms. The number of hydrogen-bond donors (Lipinski definition) is 1. The van der Waals surface area contributed by atoms with Gasteiger partial charge in [-0.05, 0) is 64.9 Å². The van der Waals surface area contributed by atoms with Gasteiger partial charge in [0.2, 0.25) is 0 Å². The molecule has 0 amide bonds. The third kappa shape index (κ3) is 3.13. The molecule has 2 aliphatic rings. The van der Waals surface area contributed by atoms with Gasteiger partial charge in [-0.3, -0.25) is 0 Å². The molecule has 1 aromatic heterocycles. The van der Waals surface area contributed by atoms with E-state index >= 15 is 0 Å². The number of thiophene rings is 1. The molecule has 0 aromatic carbocycles. The van der Waals surface area contributed by atoms with Crippen LogP contribution in [0.1, 0.15) is 30.6 Å². The van der Waals surface area contributed by atoms with E-state index in [9.17, 15) is 0 Å². The summed E-state index contributed by atoms with van der Waals surface area (Å²) in [5, 5.41) is 5.87. The lowest BCUT2D eigenvalue weighted by Crippen LogP contribution is -2.41. The highest BCUT2D eigenvalue weighted by Gasteiger charge is 2.50. The Bertz CT molecular complexity index is 449. The zero-order valence-corrected chi connectivity index (χ0v) is 14.6. The Morgan fingerprint density at radius 3 is 3.00 bits per heavy atom. The van der Waals surface area contributed by atoms with Crippen LogP contribution in [0.5, 0.6) is 0 Å². The van der Waals surface area contributed by atoms with Gasteiger partial charge in [0.05, 0.1) is 6.61 Å². The minimum absolute atomic E-state index is 0.501. The fourth-order valence-electron chi connectivity index (χ4n) is 4.36. The van der Waals surface area contributed by atoms with E-state index in [2.05, 4.69) is 32.7 Å². The SMILES string of the molecule is COCCNCC1(Cc2cc(Br)cs2)CC2CCC1C2. The van der Waals surface area contributed by atoms with Crippen molar-refractivity contribution < 1.29 is 4.74 Å². The van der Waals surface area contributed by atoms with Gasteiger partial charge in [-0.25, -0.2) is 0 Å². The van der Waals surface area contributed by atoms with Crippen LogP contribution in [0, 0.1) is 17.3 Å². The number of halogens is 1. The molecular formula is C16H24BrNOS. The molecule has 2 fully saturated rings. The Hall–Kier alpha value is 0.1000. The second kappa shape index (κ2) is 6.47. The maximum atomic E-state index is 5.16. The summed E-state index contributed by atoms with van der Waals surface area (Å²) in [5.74, 6) is 1.93. The summed E-state index contributed by atoms with van der Waals surface area (Å²) < 4.78 is 6.40. The first-order valence-corrected chi connectivity index (χ1v) is 9.32. The molecule has 1 heterocycles. The number of hydrogen-bond acceptors (Lipinski definition) is 3. The molecule has 1 aromatic rings. The van der Waals surface area contributed by atoms with Gasteiger partial charge in [0, 0.05) is 34.9 Å². The van der Waals surface area contributed by atoms with Crippen LogP contribution < -0.4 is 5.32 Å². The van der Waals surface area contributed by atoms with Crippen molar-refractivity contribution in [3.8, 4) is 0 Å². The van der Waals surface area contributed by atoms with Crippen molar-refractivity contribution in [2.24, 2.45) is 17.3 Å². The Labute approximate surface area is 134 Å². The first kappa shape index (κ1) is 15.0. The summed E-state index contributed by atoms with van der Waals surface area (Å²) in [4.78, 5) is 1.54. The van der Waals surface area contributed by atoms with Crippen molar-refractivity contribution in [1.29, 1.82) is 0 Å². The average molecular weight is 358 g/mol. The molecule has 3 atom stereocenters. The van der Waals surface area contributed by atoms with Gasteiger partial charge in [0.1, 0.15) is 0 Å². The van der Waals surface area contributed by atoms with Gasteiger partial charge in [-0.15, -0.1) is 11.3 Å². The minimum Gasteiger partial charge on any atom is -0.383 e. The van der Waals surface area contributed by atoms with Gasteiger partial charge in [0.25, 0.3) is 0 Å². The molecular weight excluding hydrogens is 334 g/mol. The maximum absolute atomic E-state index is 5.16. The molecule has 2 saturated carbocycles. The van der Waals surface area contributed by atoms with Crippen molar-refractivity contribution in [3.63, 3.8) is 0 Å². The average Bonchev–Trinajstić information content (AvgIpc) is 3.11. The first-order chi connectivity index (χ1) is 9.72. The number of rotatable bonds is 7. The molecule has 3 rings (SSSR count). The fraction of sp³-hybridized carbons (Fsp3) is 0.750. The lowest BCUT2D eigenvalue weighted by atomic mass is 9.70. The van der Waals surface area contributed by atoms with Crippen LogP contribution in [0.15, 0.2) is 15.9 Å². The zero-order chi connectivity index (χ0) is 14.0. The van der Waals surface area contributed by atoms with Crippen LogP contribution in [-0.2, 0) is 11.2 Å². The van der Waals surface area contributed by atoms with E-state index in [1.807, 2.05) is 11.3 Å². The van der Waals surface area contributed by atoms with E-state index in [-0.39, 0.29) is 0 Å². The van der Waals surface area contributed by atoms with Gasteiger partial charge in [0.15, 0.2) is 0 Å². The summed E-state index contributed by atoms with van der Waals surface area (Å²) in [6.07, 6.45) is 7.07. The van der Waals surface area contributed by atoms with E-state index in [1.165, 1.54) is 41.5 Å². The fourth-order valence-corrected chi connectivity index (χ4v) is 5.96. The van der Waals surface area contributed by atoms with Gasteiger partial charge >= 0.3 is 0 Å². The molecule has 0 spiro atoms. The van der Waals surface area contributed by atoms with Crippen LogP contribution in [-0.4, -0.2) is 26.8 Å². The van der Waals surface area contributed by atoms with Crippen molar-refractivity contribution in [2.45, 2.75) is 32.1 Å². The normalized spacial score (nSPS) is 32.1. The summed E-state index contributed by atoms with van der Waals surface area (Å²) in [6.45, 7) is 2.95. The maximum Gasteiger partial charge on any atom is 0.0587 e. The van der Waals surface area contributed by atoms with E-state index in [4.69, 9.17) is 4.74 Å². The van der Waals surface area contributed by atoms with Gasteiger partial charge in [-0.2, -0.15) is 0 Å². The third-order valence-corrected chi connectivity index (χ3v) is 6.91. The molecule has 2 bridgehead atoms. The highest BCUT2D eigenvalue weighted by atomic mass is 79.9. The molecule has 0 aliphatic heterocycles. The predicted molar refractivity (Wildman–Crippen MR) is 88.3 cm³/mol. The molecule has 3 unspecified atom stereocenters. The number of fused-ring (bicyclic) bond motifs is 2. The highest BCUT2D eigenvalue weighted by Crippen LogP contribution is 2.57. The minimum atomic E-state index is 0.501. The standard InChI is InChI=1S/C16H24BrNOS/c1-19-5-4-18-11-16(8-12-2-3-13(16)6-12)9-15-7-14(17)10-20-15/h7,10,12-13,18H,2-6,8-9,11H2,1H3. The Balaban J connectivity index is 1.67. The molecule has 2 nitrogen and oxygen atoms in total. The van der Waals surface area contributed by atoms with Crippen LogP contribution in [0.4, 0.5) is 0 Å². The molecule has 112 valence electrons. The summed E-state index contributed by atoms with van der Waals surface area (Å²) in [6, 6.07) is 2.31. The van der Waals surface area contributed by atoms with Crippen molar-refractivity contribution in [1.82, 2.24) is 5.32 Å². The predicted octanol–water partition coefficient (Wildman–Crippen LogP) is 4.10. The monoisotopic (exact) mass is 357 g/mol. The highest BCUT2D eigenvalue weighted by molar-refractivity contribution is 9.10. The molecule has 0 radical (unpaired) electrons. The van der Waals surface area contributed by atoms with Crippen molar-refractivity contribution >= 4 is 27.3 Å².